The molecule has 0 aliphatic heterocycles. The van der Waals surface area contributed by atoms with Crippen LogP contribution in [0.1, 0.15) is 50.2 Å². The van der Waals surface area contributed by atoms with E-state index < -0.39 is 28.5 Å². The van der Waals surface area contributed by atoms with Crippen molar-refractivity contribution in [3.05, 3.63) is 119 Å². The molecule has 0 bridgehead atoms. The predicted molar refractivity (Wildman–Crippen MR) is 201 cm³/mol. The predicted octanol–water partition coefficient (Wildman–Crippen LogP) is 7.74. The summed E-state index contributed by atoms with van der Waals surface area (Å²) in [5.41, 5.74) is 1.73. The van der Waals surface area contributed by atoms with E-state index >= 15 is 0 Å². The number of ether oxygens (including phenoxy) is 1. The zero-order chi connectivity index (χ0) is 35.5. The molecular weight excluding hydrogens is 690 g/mol. The van der Waals surface area contributed by atoms with Crippen molar-refractivity contribution in [3.63, 3.8) is 0 Å². The molecule has 4 aromatic rings. The Balaban J connectivity index is 1.60. The van der Waals surface area contributed by atoms with E-state index in [1.165, 1.54) is 16.7 Å². The summed E-state index contributed by atoms with van der Waals surface area (Å²) >= 11 is 8.14. The molecule has 1 aliphatic rings. The Morgan fingerprint density at radius 3 is 2.24 bits per heavy atom. The fraction of sp³-hybridized carbons (Fsp3) is 0.333. The van der Waals surface area contributed by atoms with Gasteiger partial charge in [-0.15, -0.1) is 11.8 Å². The van der Waals surface area contributed by atoms with Gasteiger partial charge in [0.25, 0.3) is 10.0 Å². The molecule has 264 valence electrons. The van der Waals surface area contributed by atoms with E-state index in [0.29, 0.717) is 22.9 Å². The number of nitrogens with one attached hydrogen (secondary N) is 1. The van der Waals surface area contributed by atoms with Gasteiger partial charge in [-0.1, -0.05) is 91.5 Å². The van der Waals surface area contributed by atoms with Crippen LogP contribution in [-0.2, 0) is 32.6 Å². The van der Waals surface area contributed by atoms with E-state index in [1.54, 1.807) is 60.7 Å². The van der Waals surface area contributed by atoms with E-state index in [2.05, 4.69) is 5.32 Å². The third-order valence-electron chi connectivity index (χ3n) is 8.88. The van der Waals surface area contributed by atoms with Crippen molar-refractivity contribution >= 4 is 50.9 Å². The highest BCUT2D eigenvalue weighted by Crippen LogP contribution is 2.34. The van der Waals surface area contributed by atoms with Gasteiger partial charge in [0.2, 0.25) is 11.8 Å². The van der Waals surface area contributed by atoms with Gasteiger partial charge < -0.3 is 15.0 Å². The zero-order valence-corrected chi connectivity index (χ0v) is 30.9. The molecule has 1 fully saturated rings. The van der Waals surface area contributed by atoms with Gasteiger partial charge in [0, 0.05) is 28.9 Å². The third-order valence-corrected chi connectivity index (χ3v) is 11.8. The van der Waals surface area contributed by atoms with Crippen LogP contribution in [0.5, 0.6) is 5.75 Å². The Hall–Kier alpha value is -3.99. The molecule has 50 heavy (non-hydrogen) atoms. The first-order valence-electron chi connectivity index (χ1n) is 17.0. The Bertz CT molecular complexity index is 1830. The van der Waals surface area contributed by atoms with Gasteiger partial charge in [-0.05, 0) is 79.6 Å². The van der Waals surface area contributed by atoms with Crippen LogP contribution in [0.2, 0.25) is 5.02 Å². The Labute approximate surface area is 305 Å². The molecule has 1 N–H and O–H groups in total. The highest BCUT2D eigenvalue weighted by molar-refractivity contribution is 7.98. The minimum Gasteiger partial charge on any atom is -0.492 e. The van der Waals surface area contributed by atoms with Crippen LogP contribution in [-0.4, -0.2) is 56.6 Å². The first-order valence-corrected chi connectivity index (χ1v) is 20.0. The second kappa shape index (κ2) is 17.8. The van der Waals surface area contributed by atoms with E-state index in [4.69, 9.17) is 16.3 Å². The van der Waals surface area contributed by atoms with Gasteiger partial charge in [-0.3, -0.25) is 13.9 Å². The van der Waals surface area contributed by atoms with Crippen molar-refractivity contribution in [2.24, 2.45) is 0 Å². The zero-order valence-electron chi connectivity index (χ0n) is 28.5. The molecule has 0 radical (unpaired) electrons. The maximum Gasteiger partial charge on any atom is 0.264 e. The van der Waals surface area contributed by atoms with Crippen LogP contribution >= 0.6 is 23.4 Å². The fourth-order valence-corrected chi connectivity index (χ4v) is 8.27. The molecule has 0 saturated heterocycles. The molecule has 2 amide bonds. The standard InChI is InChI=1S/C39H44ClN3O5S2/c1-3-48-37-21-13-12-20-35(37)43(50(46,47)33-24-22-32(49-2)23-25-33)28-38(44)42(27-30-16-10-11-19-34(30)40)36(26-29-14-6-4-7-15-29)39(45)41-31-17-8-5-9-18-31/h4,6-7,10-16,19-25,31,36H,3,5,8-9,17-18,26-28H2,1-2H3,(H,41,45)/t36-/m1/s1. The highest BCUT2D eigenvalue weighted by Gasteiger charge is 2.36. The van der Waals surface area contributed by atoms with Crippen LogP contribution < -0.4 is 14.4 Å². The lowest BCUT2D eigenvalue weighted by Gasteiger charge is -2.35. The van der Waals surface area contributed by atoms with Crippen molar-refractivity contribution in [1.82, 2.24) is 10.2 Å². The van der Waals surface area contributed by atoms with Crippen LogP contribution in [0.3, 0.4) is 0 Å². The maximum absolute atomic E-state index is 14.9. The molecule has 1 saturated carbocycles. The second-order valence-corrected chi connectivity index (χ2v) is 15.4. The summed E-state index contributed by atoms with van der Waals surface area (Å²) < 4.78 is 36.0. The van der Waals surface area contributed by atoms with Crippen molar-refractivity contribution in [2.45, 2.75) is 73.9 Å². The minimum atomic E-state index is -4.29. The Morgan fingerprint density at radius 1 is 0.900 bits per heavy atom. The number of para-hydroxylation sites is 2. The largest absolute Gasteiger partial charge is 0.492 e. The fourth-order valence-electron chi connectivity index (χ4n) is 6.24. The number of amides is 2. The number of carbonyl (C=O) groups excluding carboxylic acids is 2. The average Bonchev–Trinajstić information content (AvgIpc) is 3.14. The van der Waals surface area contributed by atoms with Crippen molar-refractivity contribution in [1.29, 1.82) is 0 Å². The smallest absolute Gasteiger partial charge is 0.264 e. The summed E-state index contributed by atoms with van der Waals surface area (Å²) in [6, 6.07) is 29.1. The average molecular weight is 734 g/mol. The summed E-state index contributed by atoms with van der Waals surface area (Å²) in [5.74, 6) is -0.515. The molecule has 0 spiro atoms. The lowest BCUT2D eigenvalue weighted by atomic mass is 9.94. The number of hydrogen-bond acceptors (Lipinski definition) is 6. The normalized spacial score (nSPS) is 14.1. The van der Waals surface area contributed by atoms with E-state index in [9.17, 15) is 18.0 Å². The van der Waals surface area contributed by atoms with Crippen LogP contribution in [0.4, 0.5) is 5.69 Å². The molecule has 5 rings (SSSR count). The van der Waals surface area contributed by atoms with Crippen molar-refractivity contribution in [2.75, 3.05) is 23.7 Å². The minimum absolute atomic E-state index is 0.00247. The third kappa shape index (κ3) is 9.41. The number of sulfonamides is 1. The molecule has 0 unspecified atom stereocenters. The lowest BCUT2D eigenvalue weighted by molar-refractivity contribution is -0.140. The van der Waals surface area contributed by atoms with Crippen LogP contribution in [0, 0.1) is 0 Å². The quantitative estimate of drug-likeness (QED) is 0.126. The SMILES string of the molecule is CCOc1ccccc1N(CC(=O)N(Cc1ccccc1Cl)[C@H](Cc1ccccc1)C(=O)NC1CCCCC1)S(=O)(=O)c1ccc(SC)cc1. The molecule has 0 aromatic heterocycles. The number of carbonyl (C=O) groups is 2. The van der Waals surface area contributed by atoms with Crippen LogP contribution in [0.15, 0.2) is 113 Å². The summed E-state index contributed by atoms with van der Waals surface area (Å²) in [4.78, 5) is 31.6. The van der Waals surface area contributed by atoms with E-state index in [-0.39, 0.29) is 35.5 Å². The molecular formula is C39H44ClN3O5S2. The summed E-state index contributed by atoms with van der Waals surface area (Å²) in [7, 11) is -4.29. The highest BCUT2D eigenvalue weighted by atomic mass is 35.5. The lowest BCUT2D eigenvalue weighted by Crippen LogP contribution is -2.55. The first-order chi connectivity index (χ1) is 24.2. The molecule has 8 nitrogen and oxygen atoms in total. The van der Waals surface area contributed by atoms with E-state index in [0.717, 1.165) is 46.9 Å². The van der Waals surface area contributed by atoms with E-state index in [1.807, 2.05) is 55.6 Å². The number of benzene rings is 4. The van der Waals surface area contributed by atoms with Crippen molar-refractivity contribution in [3.8, 4) is 5.75 Å². The Kier molecular flexibility index (Phi) is 13.3. The van der Waals surface area contributed by atoms with Gasteiger partial charge >= 0.3 is 0 Å². The molecule has 1 atom stereocenters. The monoisotopic (exact) mass is 733 g/mol. The van der Waals surface area contributed by atoms with Gasteiger partial charge in [0.05, 0.1) is 17.2 Å². The topological polar surface area (TPSA) is 96.0 Å². The van der Waals surface area contributed by atoms with Gasteiger partial charge in [-0.2, -0.15) is 0 Å². The van der Waals surface area contributed by atoms with Crippen LogP contribution in [0.25, 0.3) is 0 Å². The number of hydrogen-bond donors (Lipinski definition) is 1. The summed E-state index contributed by atoms with van der Waals surface area (Å²) in [6.45, 7) is 1.52. The van der Waals surface area contributed by atoms with Gasteiger partial charge in [0.15, 0.2) is 0 Å². The molecule has 4 aromatic carbocycles. The summed E-state index contributed by atoms with van der Waals surface area (Å²) in [6.07, 6.45) is 7.08. The van der Waals surface area contributed by atoms with Gasteiger partial charge in [0.1, 0.15) is 18.3 Å². The number of halogens is 1. The Morgan fingerprint density at radius 2 is 1.56 bits per heavy atom. The number of anilines is 1. The number of nitrogens with zero attached hydrogens (tertiary/aromatic N) is 2. The first kappa shape index (κ1) is 37.3. The summed E-state index contributed by atoms with van der Waals surface area (Å²) in [5, 5.41) is 3.67. The molecule has 0 heterocycles. The maximum atomic E-state index is 14.9. The van der Waals surface area contributed by atoms with Crippen molar-refractivity contribution < 1.29 is 22.7 Å². The number of thioether (sulfide) groups is 1. The number of rotatable bonds is 15. The second-order valence-electron chi connectivity index (χ2n) is 12.3. The molecule has 1 aliphatic carbocycles. The van der Waals surface area contributed by atoms with Gasteiger partial charge in [-0.25, -0.2) is 8.42 Å². The molecule has 11 heteroatoms.